The van der Waals surface area contributed by atoms with Crippen LogP contribution in [-0.4, -0.2) is 11.2 Å². The minimum Gasteiger partial charge on any atom is -0.433 e. The van der Waals surface area contributed by atoms with Crippen LogP contribution in [0.4, 0.5) is 8.78 Å². The zero-order valence-electron chi connectivity index (χ0n) is 12.8. The van der Waals surface area contributed by atoms with Gasteiger partial charge in [-0.3, -0.25) is 0 Å². The van der Waals surface area contributed by atoms with Crippen LogP contribution in [0, 0.1) is 0 Å². The molecule has 1 aliphatic carbocycles. The lowest BCUT2D eigenvalue weighted by atomic mass is 9.98. The largest absolute Gasteiger partial charge is 0.433 e. The predicted octanol–water partition coefficient (Wildman–Crippen LogP) is 4.82. The fourth-order valence-electron chi connectivity index (χ4n) is 2.30. The van der Waals surface area contributed by atoms with Crippen LogP contribution in [-0.2, 0) is 11.3 Å². The highest BCUT2D eigenvalue weighted by atomic mass is 19.3. The maximum Gasteiger partial charge on any atom is 0.394 e. The third-order valence-corrected chi connectivity index (χ3v) is 3.38. The summed E-state index contributed by atoms with van der Waals surface area (Å²) in [5.74, 6) is 0.227. The van der Waals surface area contributed by atoms with Crippen LogP contribution >= 0.6 is 0 Å². The van der Waals surface area contributed by atoms with E-state index in [4.69, 9.17) is 9.84 Å². The van der Waals surface area contributed by atoms with E-state index in [1.165, 1.54) is 0 Å². The summed E-state index contributed by atoms with van der Waals surface area (Å²) in [5, 5.41) is 9.08. The monoisotopic (exact) mass is 306 g/mol. The maximum atomic E-state index is 13.1. The van der Waals surface area contributed by atoms with Gasteiger partial charge < -0.3 is 9.84 Å². The molecule has 0 saturated heterocycles. The molecule has 0 spiro atoms. The van der Waals surface area contributed by atoms with Crippen LogP contribution < -0.4 is 0 Å². The Morgan fingerprint density at radius 2 is 1.77 bits per heavy atom. The second-order valence-electron chi connectivity index (χ2n) is 5.40. The van der Waals surface area contributed by atoms with Gasteiger partial charge in [0.05, 0.1) is 6.61 Å². The average molecular weight is 306 g/mol. The van der Waals surface area contributed by atoms with Gasteiger partial charge >= 0.3 is 6.11 Å². The van der Waals surface area contributed by atoms with E-state index in [1.54, 1.807) is 13.0 Å². The molecule has 0 fully saturated rings. The zero-order chi connectivity index (χ0) is 16.2. The summed E-state index contributed by atoms with van der Waals surface area (Å²) in [5.41, 5.74) is 3.46. The highest BCUT2D eigenvalue weighted by Gasteiger charge is 2.25. The lowest BCUT2D eigenvalue weighted by molar-refractivity contribution is -0.196. The van der Waals surface area contributed by atoms with Gasteiger partial charge in [-0.05, 0) is 54.2 Å². The quantitative estimate of drug-likeness (QED) is 0.864. The van der Waals surface area contributed by atoms with Crippen molar-refractivity contribution in [3.8, 4) is 0 Å². The lowest BCUT2D eigenvalue weighted by Gasteiger charge is -2.18. The summed E-state index contributed by atoms with van der Waals surface area (Å²) in [4.78, 5) is 0. The number of benzene rings is 1. The van der Waals surface area contributed by atoms with E-state index in [0.29, 0.717) is 12.0 Å². The van der Waals surface area contributed by atoms with E-state index in [9.17, 15) is 8.78 Å². The van der Waals surface area contributed by atoms with Crippen LogP contribution in [0.25, 0.3) is 5.57 Å². The van der Waals surface area contributed by atoms with Crippen LogP contribution in [0.15, 0.2) is 53.8 Å². The maximum absolute atomic E-state index is 13.1. The molecule has 0 heterocycles. The Bertz CT molecular complexity index is 605. The molecule has 22 heavy (non-hydrogen) atoms. The summed E-state index contributed by atoms with van der Waals surface area (Å²) in [6.07, 6.45) is 3.84. The zero-order valence-corrected chi connectivity index (χ0v) is 12.8. The average Bonchev–Trinajstić information content (AvgIpc) is 2.46. The van der Waals surface area contributed by atoms with Crippen molar-refractivity contribution in [2.24, 2.45) is 0 Å². The SMILES string of the molecule is CC1=C/C(c2ccc(CO)cc2)=C\CC/C=C\1OC(C)(F)F. The van der Waals surface area contributed by atoms with Crippen molar-refractivity contribution >= 4 is 5.57 Å². The standard InChI is InChI=1S/C18H20F2O2/c1-13-11-16(15-9-7-14(12-21)8-10-15)5-3-4-6-17(13)22-18(2,19)20/h5-11,21H,3-4,12H2,1-2H3/b13-11-,16-5+,17-6+. The number of aliphatic hydroxyl groups excluding tert-OH is 1. The second-order valence-corrected chi connectivity index (χ2v) is 5.40. The first-order chi connectivity index (χ1) is 10.4. The molecule has 0 bridgehead atoms. The number of halogens is 2. The number of allylic oxidation sites excluding steroid dienone is 5. The third-order valence-electron chi connectivity index (χ3n) is 3.38. The Labute approximate surface area is 129 Å². The van der Waals surface area contributed by atoms with Crippen molar-refractivity contribution in [1.82, 2.24) is 0 Å². The van der Waals surface area contributed by atoms with E-state index in [2.05, 4.69) is 6.08 Å². The molecule has 1 aliphatic rings. The van der Waals surface area contributed by atoms with Crippen LogP contribution in [0.3, 0.4) is 0 Å². The van der Waals surface area contributed by atoms with Crippen LogP contribution in [0.2, 0.25) is 0 Å². The van der Waals surface area contributed by atoms with Gasteiger partial charge in [-0.2, -0.15) is 8.78 Å². The molecule has 0 saturated carbocycles. The van der Waals surface area contributed by atoms with E-state index in [0.717, 1.165) is 30.0 Å². The Hall–Kier alpha value is -1.94. The summed E-state index contributed by atoms with van der Waals surface area (Å²) in [7, 11) is 0. The number of alkyl halides is 2. The lowest BCUT2D eigenvalue weighted by Crippen LogP contribution is -2.15. The molecule has 4 heteroatoms. The molecule has 0 radical (unpaired) electrons. The molecule has 0 unspecified atom stereocenters. The van der Waals surface area contributed by atoms with Gasteiger partial charge in [0.25, 0.3) is 0 Å². The first-order valence-electron chi connectivity index (χ1n) is 7.25. The summed E-state index contributed by atoms with van der Waals surface area (Å²) >= 11 is 0. The third kappa shape index (κ3) is 4.53. The molecule has 1 aromatic carbocycles. The smallest absolute Gasteiger partial charge is 0.394 e. The normalized spacial score (nSPS) is 23.2. The van der Waals surface area contributed by atoms with Crippen molar-refractivity contribution in [3.63, 3.8) is 0 Å². The van der Waals surface area contributed by atoms with Crippen molar-refractivity contribution in [2.75, 3.05) is 0 Å². The predicted molar refractivity (Wildman–Crippen MR) is 83.1 cm³/mol. The van der Waals surface area contributed by atoms with Gasteiger partial charge in [-0.1, -0.05) is 30.3 Å². The minimum absolute atomic E-state index is 0.000499. The number of hydrogen-bond acceptors (Lipinski definition) is 2. The topological polar surface area (TPSA) is 29.5 Å². The van der Waals surface area contributed by atoms with E-state index in [1.807, 2.05) is 30.3 Å². The number of hydrogen-bond donors (Lipinski definition) is 1. The van der Waals surface area contributed by atoms with Crippen molar-refractivity contribution < 1.29 is 18.6 Å². The fourth-order valence-corrected chi connectivity index (χ4v) is 2.30. The summed E-state index contributed by atoms with van der Waals surface area (Å²) < 4.78 is 30.9. The molecule has 0 aromatic heterocycles. The fraction of sp³-hybridized carbons (Fsp3) is 0.333. The van der Waals surface area contributed by atoms with Crippen LogP contribution in [0.1, 0.15) is 37.8 Å². The number of rotatable bonds is 4. The summed E-state index contributed by atoms with van der Waals surface area (Å²) in [6.45, 7) is 2.50. The highest BCUT2D eigenvalue weighted by molar-refractivity contribution is 5.75. The highest BCUT2D eigenvalue weighted by Crippen LogP contribution is 2.28. The minimum atomic E-state index is -3.19. The first-order valence-corrected chi connectivity index (χ1v) is 7.25. The molecular formula is C18H20F2O2. The Kier molecular flexibility index (Phi) is 5.14. The van der Waals surface area contributed by atoms with Crippen molar-refractivity contribution in [1.29, 1.82) is 0 Å². The Morgan fingerprint density at radius 3 is 2.36 bits per heavy atom. The number of aliphatic hydroxyl groups is 1. The second kappa shape index (κ2) is 6.88. The molecule has 0 amide bonds. The molecule has 0 atom stereocenters. The van der Waals surface area contributed by atoms with Gasteiger partial charge in [0.15, 0.2) is 0 Å². The van der Waals surface area contributed by atoms with Gasteiger partial charge in [-0.15, -0.1) is 0 Å². The first kappa shape index (κ1) is 16.4. The van der Waals surface area contributed by atoms with Gasteiger partial charge in [-0.25, -0.2) is 0 Å². The molecular weight excluding hydrogens is 286 g/mol. The van der Waals surface area contributed by atoms with E-state index >= 15 is 0 Å². The molecule has 1 aromatic rings. The summed E-state index contributed by atoms with van der Waals surface area (Å²) in [6, 6.07) is 7.54. The number of ether oxygens (including phenoxy) is 1. The van der Waals surface area contributed by atoms with Gasteiger partial charge in [0.2, 0.25) is 0 Å². The van der Waals surface area contributed by atoms with Crippen LogP contribution in [0.5, 0.6) is 0 Å². The molecule has 0 aliphatic heterocycles. The molecule has 1 N–H and O–H groups in total. The Morgan fingerprint density at radius 1 is 1.14 bits per heavy atom. The van der Waals surface area contributed by atoms with Crippen molar-refractivity contribution in [2.45, 2.75) is 39.4 Å². The molecule has 2 rings (SSSR count). The Balaban J connectivity index is 2.28. The van der Waals surface area contributed by atoms with Gasteiger partial charge in [0, 0.05) is 6.92 Å². The van der Waals surface area contributed by atoms with Gasteiger partial charge in [0.1, 0.15) is 5.76 Å². The van der Waals surface area contributed by atoms with E-state index < -0.39 is 6.11 Å². The molecule has 2 nitrogen and oxygen atoms in total. The van der Waals surface area contributed by atoms with E-state index in [-0.39, 0.29) is 12.4 Å². The molecule has 118 valence electrons. The van der Waals surface area contributed by atoms with Crippen molar-refractivity contribution in [3.05, 3.63) is 65.0 Å².